The minimum atomic E-state index is -0.747. The predicted molar refractivity (Wildman–Crippen MR) is 94.5 cm³/mol. The number of amides is 3. The summed E-state index contributed by atoms with van der Waals surface area (Å²) in [7, 11) is 0. The number of anilines is 1. The zero-order valence-corrected chi connectivity index (χ0v) is 13.2. The van der Waals surface area contributed by atoms with E-state index in [-0.39, 0.29) is 12.5 Å². The van der Waals surface area contributed by atoms with Gasteiger partial charge in [0.2, 0.25) is 5.91 Å². The molecule has 0 atom stereocenters. The molecule has 0 unspecified atom stereocenters. The number of para-hydroxylation sites is 1. The third-order valence-electron chi connectivity index (χ3n) is 3.40. The molecule has 2 aromatic carbocycles. The number of nitrogens with one attached hydrogen (secondary N) is 2. The minimum Gasteiger partial charge on any atom is -0.457 e. The Balaban J connectivity index is 1.68. The molecule has 1 aromatic heterocycles. The van der Waals surface area contributed by atoms with E-state index in [0.717, 1.165) is 10.9 Å². The molecule has 0 aliphatic heterocycles. The number of carbonyl (C=O) groups is 2. The van der Waals surface area contributed by atoms with Gasteiger partial charge >= 0.3 is 6.03 Å². The maximum Gasteiger partial charge on any atom is 0.312 e. The number of pyridine rings is 1. The SMILES string of the molecule is NC(=O)NCC(=O)Nc1ccc(Oc2ccnc3ccccc23)cc1. The van der Waals surface area contributed by atoms with Gasteiger partial charge in [-0.1, -0.05) is 12.1 Å². The first-order chi connectivity index (χ1) is 12.1. The maximum absolute atomic E-state index is 11.6. The maximum atomic E-state index is 11.6. The summed E-state index contributed by atoms with van der Waals surface area (Å²) in [6.45, 7) is -0.184. The average Bonchev–Trinajstić information content (AvgIpc) is 2.62. The quantitative estimate of drug-likeness (QED) is 0.666. The van der Waals surface area contributed by atoms with Gasteiger partial charge in [0.05, 0.1) is 12.1 Å². The van der Waals surface area contributed by atoms with Crippen molar-refractivity contribution in [1.29, 1.82) is 0 Å². The number of hydrogen-bond acceptors (Lipinski definition) is 4. The van der Waals surface area contributed by atoms with Gasteiger partial charge in [-0.2, -0.15) is 0 Å². The van der Waals surface area contributed by atoms with Crippen LogP contribution in [0.5, 0.6) is 11.5 Å². The van der Waals surface area contributed by atoms with Gasteiger partial charge in [0, 0.05) is 17.3 Å². The van der Waals surface area contributed by atoms with Crippen LogP contribution in [0.4, 0.5) is 10.5 Å². The molecule has 0 spiro atoms. The van der Waals surface area contributed by atoms with E-state index in [4.69, 9.17) is 10.5 Å². The topological polar surface area (TPSA) is 106 Å². The molecule has 0 aliphatic rings. The second-order valence-corrected chi connectivity index (χ2v) is 5.22. The van der Waals surface area contributed by atoms with Crippen molar-refractivity contribution in [3.05, 3.63) is 60.8 Å². The van der Waals surface area contributed by atoms with Crippen LogP contribution in [0.1, 0.15) is 0 Å². The minimum absolute atomic E-state index is 0.184. The van der Waals surface area contributed by atoms with Gasteiger partial charge in [-0.05, 0) is 42.5 Å². The van der Waals surface area contributed by atoms with Crippen molar-refractivity contribution in [3.63, 3.8) is 0 Å². The van der Waals surface area contributed by atoms with Crippen LogP contribution in [0, 0.1) is 0 Å². The number of hydrogen-bond donors (Lipinski definition) is 3. The lowest BCUT2D eigenvalue weighted by Gasteiger charge is -2.10. The lowest BCUT2D eigenvalue weighted by molar-refractivity contribution is -0.115. The monoisotopic (exact) mass is 336 g/mol. The number of fused-ring (bicyclic) bond motifs is 1. The Labute approximate surface area is 143 Å². The van der Waals surface area contributed by atoms with Crippen LogP contribution in [0.15, 0.2) is 60.8 Å². The molecule has 7 nitrogen and oxygen atoms in total. The molecule has 3 aromatic rings. The van der Waals surface area contributed by atoms with Crippen LogP contribution in [0.2, 0.25) is 0 Å². The fraction of sp³-hybridized carbons (Fsp3) is 0.0556. The van der Waals surface area contributed by atoms with Crippen LogP contribution in [-0.2, 0) is 4.79 Å². The van der Waals surface area contributed by atoms with Gasteiger partial charge in [-0.3, -0.25) is 9.78 Å². The molecule has 0 bridgehead atoms. The number of urea groups is 1. The van der Waals surface area contributed by atoms with E-state index in [0.29, 0.717) is 17.2 Å². The smallest absolute Gasteiger partial charge is 0.312 e. The van der Waals surface area contributed by atoms with Crippen molar-refractivity contribution in [1.82, 2.24) is 10.3 Å². The molecular weight excluding hydrogens is 320 g/mol. The lowest BCUT2D eigenvalue weighted by Crippen LogP contribution is -2.36. The van der Waals surface area contributed by atoms with Crippen LogP contribution in [0.25, 0.3) is 10.9 Å². The average molecular weight is 336 g/mol. The number of benzene rings is 2. The summed E-state index contributed by atoms with van der Waals surface area (Å²) in [5.41, 5.74) is 6.35. The summed E-state index contributed by atoms with van der Waals surface area (Å²) < 4.78 is 5.90. The molecule has 0 radical (unpaired) electrons. The number of nitrogens with two attached hydrogens (primary N) is 1. The van der Waals surface area contributed by atoms with Crippen molar-refractivity contribution >= 4 is 28.5 Å². The van der Waals surface area contributed by atoms with E-state index in [9.17, 15) is 9.59 Å². The van der Waals surface area contributed by atoms with Crippen LogP contribution in [0.3, 0.4) is 0 Å². The molecule has 0 aliphatic carbocycles. The largest absolute Gasteiger partial charge is 0.457 e. The van der Waals surface area contributed by atoms with Gasteiger partial charge in [0.25, 0.3) is 0 Å². The summed E-state index contributed by atoms with van der Waals surface area (Å²) in [5, 5.41) is 5.78. The first kappa shape index (κ1) is 16.3. The second-order valence-electron chi connectivity index (χ2n) is 5.22. The lowest BCUT2D eigenvalue weighted by atomic mass is 10.2. The number of aromatic nitrogens is 1. The Morgan fingerprint density at radius 3 is 2.56 bits per heavy atom. The molecular formula is C18H16N4O3. The Morgan fingerprint density at radius 2 is 1.80 bits per heavy atom. The molecule has 3 amide bonds. The van der Waals surface area contributed by atoms with E-state index >= 15 is 0 Å². The third kappa shape index (κ3) is 4.23. The van der Waals surface area contributed by atoms with E-state index in [1.165, 1.54) is 0 Å². The van der Waals surface area contributed by atoms with Crippen molar-refractivity contribution in [2.75, 3.05) is 11.9 Å². The van der Waals surface area contributed by atoms with Crippen LogP contribution in [-0.4, -0.2) is 23.5 Å². The summed E-state index contributed by atoms with van der Waals surface area (Å²) >= 11 is 0. The van der Waals surface area contributed by atoms with E-state index in [2.05, 4.69) is 15.6 Å². The van der Waals surface area contributed by atoms with Crippen molar-refractivity contribution < 1.29 is 14.3 Å². The molecule has 126 valence electrons. The van der Waals surface area contributed by atoms with Gasteiger partial charge in [0.15, 0.2) is 0 Å². The zero-order valence-electron chi connectivity index (χ0n) is 13.2. The highest BCUT2D eigenvalue weighted by Gasteiger charge is 2.06. The van der Waals surface area contributed by atoms with Crippen molar-refractivity contribution in [2.45, 2.75) is 0 Å². The molecule has 1 heterocycles. The van der Waals surface area contributed by atoms with Crippen molar-refractivity contribution in [3.8, 4) is 11.5 Å². The Kier molecular flexibility index (Phi) is 4.75. The Morgan fingerprint density at radius 1 is 1.04 bits per heavy atom. The molecule has 0 saturated heterocycles. The summed E-state index contributed by atoms with van der Waals surface area (Å²) in [6.07, 6.45) is 1.69. The van der Waals surface area contributed by atoms with Gasteiger partial charge in [0.1, 0.15) is 11.5 Å². The zero-order chi connectivity index (χ0) is 17.6. The third-order valence-corrected chi connectivity index (χ3v) is 3.40. The van der Waals surface area contributed by atoms with Gasteiger partial charge in [-0.15, -0.1) is 0 Å². The summed E-state index contributed by atoms with van der Waals surface area (Å²) in [6, 6.07) is 15.7. The predicted octanol–water partition coefficient (Wildman–Crippen LogP) is 2.63. The number of carbonyl (C=O) groups excluding carboxylic acids is 2. The van der Waals surface area contributed by atoms with Crippen LogP contribution >= 0.6 is 0 Å². The van der Waals surface area contributed by atoms with Gasteiger partial charge < -0.3 is 21.1 Å². The normalized spacial score (nSPS) is 10.2. The fourth-order valence-electron chi connectivity index (χ4n) is 2.26. The molecule has 3 rings (SSSR count). The first-order valence-electron chi connectivity index (χ1n) is 7.56. The molecule has 4 N–H and O–H groups in total. The molecule has 25 heavy (non-hydrogen) atoms. The van der Waals surface area contributed by atoms with E-state index in [1.807, 2.05) is 24.3 Å². The van der Waals surface area contributed by atoms with Crippen LogP contribution < -0.4 is 21.1 Å². The summed E-state index contributed by atoms with van der Waals surface area (Å²) in [4.78, 5) is 26.5. The Bertz CT molecular complexity index is 904. The van der Waals surface area contributed by atoms with E-state index < -0.39 is 6.03 Å². The first-order valence-corrected chi connectivity index (χ1v) is 7.56. The highest BCUT2D eigenvalue weighted by Crippen LogP contribution is 2.29. The molecule has 7 heteroatoms. The number of ether oxygens (including phenoxy) is 1. The van der Waals surface area contributed by atoms with Gasteiger partial charge in [-0.25, -0.2) is 4.79 Å². The molecule has 0 saturated carbocycles. The van der Waals surface area contributed by atoms with E-state index in [1.54, 1.807) is 36.5 Å². The number of nitrogens with zero attached hydrogens (tertiary/aromatic N) is 1. The highest BCUT2D eigenvalue weighted by atomic mass is 16.5. The number of primary amides is 1. The second kappa shape index (κ2) is 7.31. The standard InChI is InChI=1S/C18H16N4O3/c19-18(24)21-11-17(23)22-12-5-7-13(8-6-12)25-16-9-10-20-15-4-2-1-3-14(15)16/h1-10H,11H2,(H,22,23)(H3,19,21,24). The highest BCUT2D eigenvalue weighted by molar-refractivity contribution is 5.94. The number of rotatable bonds is 5. The fourth-order valence-corrected chi connectivity index (χ4v) is 2.26. The Hall–Kier alpha value is -3.61. The van der Waals surface area contributed by atoms with Crippen molar-refractivity contribution in [2.24, 2.45) is 5.73 Å². The molecule has 0 fully saturated rings. The summed E-state index contributed by atoms with van der Waals surface area (Å²) in [5.74, 6) is 0.963.